The van der Waals surface area contributed by atoms with E-state index < -0.39 is 38.5 Å². The van der Waals surface area contributed by atoms with Gasteiger partial charge >= 0.3 is 6.16 Å². The second-order valence-corrected chi connectivity index (χ2v) is 11.2. The fourth-order valence-electron chi connectivity index (χ4n) is 3.67. The molecular weight excluding hydrogens is 472 g/mol. The number of hydrogen-bond donors (Lipinski definition) is 2. The van der Waals surface area contributed by atoms with Gasteiger partial charge in [0.05, 0.1) is 23.8 Å². The van der Waals surface area contributed by atoms with Crippen molar-refractivity contribution in [3.05, 3.63) is 60.2 Å². The van der Waals surface area contributed by atoms with Crippen molar-refractivity contribution in [3.63, 3.8) is 0 Å². The van der Waals surface area contributed by atoms with Gasteiger partial charge in [0.1, 0.15) is 5.75 Å². The van der Waals surface area contributed by atoms with Crippen molar-refractivity contribution in [2.24, 2.45) is 0 Å². The maximum absolute atomic E-state index is 13.4. The highest BCUT2D eigenvalue weighted by Crippen LogP contribution is 2.28. The third-order valence-corrected chi connectivity index (χ3v) is 8.44. The molecule has 12 heteroatoms. The lowest BCUT2D eigenvalue weighted by Gasteiger charge is -2.32. The van der Waals surface area contributed by atoms with E-state index in [1.165, 1.54) is 31.4 Å². The lowest BCUT2D eigenvalue weighted by atomic mass is 10.1. The second kappa shape index (κ2) is 10.5. The Labute approximate surface area is 193 Å². The molecule has 3 rings (SSSR count). The predicted octanol–water partition coefficient (Wildman–Crippen LogP) is 2.38. The van der Waals surface area contributed by atoms with Crippen LogP contribution in [0.5, 0.6) is 5.75 Å². The second-order valence-electron chi connectivity index (χ2n) is 7.53. The summed E-state index contributed by atoms with van der Waals surface area (Å²) in [6.45, 7) is -0.0246. The molecule has 0 saturated carbocycles. The number of benzene rings is 2. The Bertz CT molecular complexity index is 1150. The van der Waals surface area contributed by atoms with E-state index in [1.54, 1.807) is 30.3 Å². The van der Waals surface area contributed by atoms with Crippen LogP contribution >= 0.6 is 0 Å². The van der Waals surface area contributed by atoms with Crippen molar-refractivity contribution in [2.75, 3.05) is 13.7 Å². The average Bonchev–Trinajstić information content (AvgIpc) is 2.96. The third-order valence-electron chi connectivity index (χ3n) is 5.19. The molecule has 2 atom stereocenters. The average molecular weight is 499 g/mol. The first kappa shape index (κ1) is 25.0. The Morgan fingerprint density at radius 3 is 2.33 bits per heavy atom. The first-order chi connectivity index (χ1) is 15.6. The quantitative estimate of drug-likeness (QED) is 0.529. The molecule has 2 N–H and O–H groups in total. The van der Waals surface area contributed by atoms with Crippen LogP contribution in [-0.4, -0.2) is 58.3 Å². The molecule has 180 valence electrons. The molecule has 1 aliphatic rings. The van der Waals surface area contributed by atoms with E-state index in [-0.39, 0.29) is 23.6 Å². The Hall–Kier alpha value is -2.67. The molecule has 10 nitrogen and oxygen atoms in total. The van der Waals surface area contributed by atoms with Crippen LogP contribution in [0, 0.1) is 0 Å². The highest BCUT2D eigenvalue weighted by molar-refractivity contribution is 7.89. The van der Waals surface area contributed by atoms with Gasteiger partial charge in [0.15, 0.2) is 6.23 Å². The van der Waals surface area contributed by atoms with Crippen LogP contribution in [0.2, 0.25) is 0 Å². The SMILES string of the molecule is COc1ccc(S(=O)(=O)N2CCCCC(NS(=O)(=O)Cc3ccccc3)C2OC(=O)O)cc1. The fourth-order valence-corrected chi connectivity index (χ4v) is 6.66. The lowest BCUT2D eigenvalue weighted by molar-refractivity contribution is -0.0125. The molecule has 0 spiro atoms. The van der Waals surface area contributed by atoms with Crippen LogP contribution in [-0.2, 0) is 30.5 Å². The smallest absolute Gasteiger partial charge is 0.497 e. The number of rotatable bonds is 8. The standard InChI is InChI=1S/C21H26N2O8S2/c1-30-17-10-12-18(13-11-17)33(28,29)23-14-6-5-9-19(20(23)31-21(24)25)22-32(26,27)15-16-7-3-2-4-8-16/h2-4,7-8,10-13,19-20,22H,5-6,9,14-15H2,1H3,(H,24,25). The maximum Gasteiger partial charge on any atom is 0.507 e. The molecule has 2 unspecified atom stereocenters. The van der Waals surface area contributed by atoms with Gasteiger partial charge < -0.3 is 14.6 Å². The zero-order valence-corrected chi connectivity index (χ0v) is 19.6. The molecule has 2 aromatic carbocycles. The van der Waals surface area contributed by atoms with Crippen molar-refractivity contribution in [2.45, 2.75) is 42.2 Å². The van der Waals surface area contributed by atoms with Crippen molar-refractivity contribution >= 4 is 26.2 Å². The van der Waals surface area contributed by atoms with Gasteiger partial charge in [-0.25, -0.2) is 26.4 Å². The summed E-state index contributed by atoms with van der Waals surface area (Å²) in [6, 6.07) is 13.0. The van der Waals surface area contributed by atoms with Gasteiger partial charge in [-0.2, -0.15) is 4.31 Å². The van der Waals surface area contributed by atoms with Crippen LogP contribution < -0.4 is 9.46 Å². The minimum Gasteiger partial charge on any atom is -0.497 e. The van der Waals surface area contributed by atoms with Gasteiger partial charge in [0.25, 0.3) is 0 Å². The molecule has 1 aliphatic heterocycles. The molecule has 0 radical (unpaired) electrons. The van der Waals surface area contributed by atoms with E-state index in [2.05, 4.69) is 4.72 Å². The van der Waals surface area contributed by atoms with Gasteiger partial charge in [-0.05, 0) is 42.7 Å². The van der Waals surface area contributed by atoms with Crippen LogP contribution in [0.3, 0.4) is 0 Å². The maximum atomic E-state index is 13.4. The van der Waals surface area contributed by atoms with Crippen LogP contribution in [0.15, 0.2) is 59.5 Å². The van der Waals surface area contributed by atoms with Gasteiger partial charge in [0, 0.05) is 6.54 Å². The number of hydrogen-bond acceptors (Lipinski definition) is 7. The number of ether oxygens (including phenoxy) is 2. The van der Waals surface area contributed by atoms with Crippen molar-refractivity contribution in [1.82, 2.24) is 9.03 Å². The number of methoxy groups -OCH3 is 1. The summed E-state index contributed by atoms with van der Waals surface area (Å²) in [4.78, 5) is 11.3. The monoisotopic (exact) mass is 498 g/mol. The molecule has 0 amide bonds. The molecule has 1 fully saturated rings. The van der Waals surface area contributed by atoms with Gasteiger partial charge in [-0.15, -0.1) is 0 Å². The van der Waals surface area contributed by atoms with E-state index in [1.807, 2.05) is 0 Å². The Morgan fingerprint density at radius 1 is 1.06 bits per heavy atom. The normalized spacial score (nSPS) is 20.0. The summed E-state index contributed by atoms with van der Waals surface area (Å²) in [6.07, 6.45) is -2.18. The number of nitrogens with one attached hydrogen (secondary N) is 1. The molecule has 33 heavy (non-hydrogen) atoms. The molecule has 1 saturated heterocycles. The van der Waals surface area contributed by atoms with Crippen LogP contribution in [0.1, 0.15) is 24.8 Å². The fraction of sp³-hybridized carbons (Fsp3) is 0.381. The van der Waals surface area contributed by atoms with E-state index in [9.17, 15) is 26.7 Å². The van der Waals surface area contributed by atoms with E-state index in [0.29, 0.717) is 24.2 Å². The van der Waals surface area contributed by atoms with Crippen molar-refractivity contribution in [1.29, 1.82) is 0 Å². The van der Waals surface area contributed by atoms with E-state index in [4.69, 9.17) is 9.47 Å². The number of carbonyl (C=O) groups is 1. The first-order valence-electron chi connectivity index (χ1n) is 10.2. The highest BCUT2D eigenvalue weighted by atomic mass is 32.2. The summed E-state index contributed by atoms with van der Waals surface area (Å²) >= 11 is 0. The predicted molar refractivity (Wildman–Crippen MR) is 120 cm³/mol. The van der Waals surface area contributed by atoms with Gasteiger partial charge in [-0.1, -0.05) is 36.8 Å². The topological polar surface area (TPSA) is 139 Å². The first-order valence-corrected chi connectivity index (χ1v) is 13.3. The van der Waals surface area contributed by atoms with E-state index in [0.717, 1.165) is 4.31 Å². The van der Waals surface area contributed by atoms with E-state index >= 15 is 0 Å². The third kappa shape index (κ3) is 6.44. The Balaban J connectivity index is 1.92. The molecular formula is C21H26N2O8S2. The molecule has 2 aromatic rings. The minimum atomic E-state index is -4.20. The van der Waals surface area contributed by atoms with Gasteiger partial charge in [0.2, 0.25) is 20.0 Å². The molecule has 1 heterocycles. The lowest BCUT2D eigenvalue weighted by Crippen LogP contribution is -2.54. The van der Waals surface area contributed by atoms with Crippen molar-refractivity contribution < 1.29 is 36.2 Å². The highest BCUT2D eigenvalue weighted by Gasteiger charge is 2.42. The number of sulfonamides is 2. The summed E-state index contributed by atoms with van der Waals surface area (Å²) in [5, 5.41) is 9.29. The Morgan fingerprint density at radius 2 is 1.73 bits per heavy atom. The summed E-state index contributed by atoms with van der Waals surface area (Å²) in [5.74, 6) is 0.115. The van der Waals surface area contributed by atoms with Crippen LogP contribution in [0.4, 0.5) is 4.79 Å². The summed E-state index contributed by atoms with van der Waals surface area (Å²) < 4.78 is 65.8. The van der Waals surface area contributed by atoms with Crippen LogP contribution in [0.25, 0.3) is 0 Å². The number of carboxylic acid groups (broad SMARTS) is 1. The summed E-state index contributed by atoms with van der Waals surface area (Å²) in [5.41, 5.74) is 0.539. The molecule has 0 bridgehead atoms. The zero-order valence-electron chi connectivity index (χ0n) is 18.0. The largest absolute Gasteiger partial charge is 0.507 e. The molecule has 0 aromatic heterocycles. The van der Waals surface area contributed by atoms with Crippen molar-refractivity contribution in [3.8, 4) is 5.75 Å². The summed E-state index contributed by atoms with van der Waals surface area (Å²) in [7, 11) is -6.67. The van der Waals surface area contributed by atoms with Gasteiger partial charge in [-0.3, -0.25) is 0 Å². The zero-order chi connectivity index (χ0) is 24.1. The minimum absolute atomic E-state index is 0.0246. The number of nitrogens with zero attached hydrogens (tertiary/aromatic N) is 1. The Kier molecular flexibility index (Phi) is 7.95. The molecule has 0 aliphatic carbocycles.